The lowest BCUT2D eigenvalue weighted by Gasteiger charge is -2.32. The number of benzene rings is 2. The Morgan fingerprint density at radius 1 is 1.21 bits per heavy atom. The second-order valence-corrected chi connectivity index (χ2v) is 5.45. The number of hydrogen-bond acceptors (Lipinski definition) is 4. The zero-order valence-corrected chi connectivity index (χ0v) is 12.8. The highest BCUT2D eigenvalue weighted by molar-refractivity contribution is 5.46. The van der Waals surface area contributed by atoms with E-state index in [1.807, 2.05) is 0 Å². The van der Waals surface area contributed by atoms with Crippen LogP contribution in [0.25, 0.3) is 0 Å². The molecule has 24 heavy (non-hydrogen) atoms. The monoisotopic (exact) mass is 335 g/mol. The van der Waals surface area contributed by atoms with Crippen LogP contribution in [0.2, 0.25) is 0 Å². The largest absolute Gasteiger partial charge is 0.493 e. The molecule has 2 aromatic rings. The molecule has 1 saturated heterocycles. The molecule has 1 N–H and O–H groups in total. The molecule has 0 aromatic heterocycles. The molecule has 2 heterocycles. The molecular formula is C19H20FNO3. The van der Waals surface area contributed by atoms with Gasteiger partial charge in [0, 0.05) is 23.9 Å². The van der Waals surface area contributed by atoms with Crippen molar-refractivity contribution in [2.24, 2.45) is 5.89 Å². The van der Waals surface area contributed by atoms with Crippen molar-refractivity contribution in [3.05, 3.63) is 53.8 Å². The average molecular weight is 335 g/mol. The van der Waals surface area contributed by atoms with E-state index in [-0.39, 0.29) is 30.2 Å². The summed E-state index contributed by atoms with van der Waals surface area (Å²) in [5.41, 5.74) is 0.326. The maximum Gasteiger partial charge on any atom is 0.231 e. The lowest BCUT2D eigenvalue weighted by molar-refractivity contribution is 0.173. The molecule has 0 amide bonds. The number of hydrogen-bond donors (Lipinski definition) is 1. The van der Waals surface area contributed by atoms with E-state index in [9.17, 15) is 4.39 Å². The lowest BCUT2D eigenvalue weighted by Crippen LogP contribution is -2.38. The van der Waals surface area contributed by atoms with Crippen LogP contribution < -0.4 is 19.5 Å². The van der Waals surface area contributed by atoms with Gasteiger partial charge in [-0.1, -0.05) is 12.1 Å². The Hall–Kier alpha value is -2.27. The first-order chi connectivity index (χ1) is 14.0. The number of ether oxygens (including phenoxy) is 3. The van der Waals surface area contributed by atoms with E-state index in [0.29, 0.717) is 5.56 Å². The predicted octanol–water partition coefficient (Wildman–Crippen LogP) is 3.33. The molecule has 0 radical (unpaired) electrons. The molecule has 126 valence electrons. The molecule has 2 atom stereocenters. The van der Waals surface area contributed by atoms with Gasteiger partial charge >= 0.3 is 0 Å². The van der Waals surface area contributed by atoms with E-state index >= 15 is 0 Å². The summed E-state index contributed by atoms with van der Waals surface area (Å²) in [5.74, 6) is -3.73. The summed E-state index contributed by atoms with van der Waals surface area (Å²) in [4.78, 5) is 0. The minimum absolute atomic E-state index is 0.122. The smallest absolute Gasteiger partial charge is 0.231 e. The zero-order valence-electron chi connectivity index (χ0n) is 18.8. The minimum Gasteiger partial charge on any atom is -0.493 e. The van der Waals surface area contributed by atoms with E-state index in [4.69, 9.17) is 22.4 Å². The van der Waals surface area contributed by atoms with Crippen molar-refractivity contribution in [1.82, 2.24) is 5.32 Å². The van der Waals surface area contributed by atoms with Gasteiger partial charge in [-0.25, -0.2) is 4.39 Å². The van der Waals surface area contributed by atoms with Crippen LogP contribution in [-0.2, 0) is 0 Å². The molecule has 0 spiro atoms. The maximum atomic E-state index is 13.4. The van der Waals surface area contributed by atoms with Crippen LogP contribution in [0, 0.1) is 11.7 Å². The number of rotatable bonds is 4. The van der Waals surface area contributed by atoms with Gasteiger partial charge in [-0.05, 0) is 48.7 Å². The molecule has 1 fully saturated rings. The summed E-state index contributed by atoms with van der Waals surface area (Å²) < 4.78 is 78.8. The third kappa shape index (κ3) is 3.17. The van der Waals surface area contributed by atoms with Crippen LogP contribution in [0.4, 0.5) is 4.39 Å². The van der Waals surface area contributed by atoms with Crippen molar-refractivity contribution in [2.75, 3.05) is 26.4 Å². The van der Waals surface area contributed by atoms with Gasteiger partial charge in [-0.15, -0.1) is 0 Å². The third-order valence-electron chi connectivity index (χ3n) is 3.90. The molecule has 2 aliphatic heterocycles. The van der Waals surface area contributed by atoms with E-state index in [2.05, 4.69) is 5.32 Å². The van der Waals surface area contributed by atoms with E-state index in [1.165, 1.54) is 42.5 Å². The maximum absolute atomic E-state index is 13.4. The van der Waals surface area contributed by atoms with E-state index < -0.39 is 37.5 Å². The molecule has 0 saturated carbocycles. The number of halogens is 1. The van der Waals surface area contributed by atoms with Gasteiger partial charge in [-0.2, -0.15) is 0 Å². The molecule has 4 nitrogen and oxygen atoms in total. The van der Waals surface area contributed by atoms with Gasteiger partial charge in [0.15, 0.2) is 11.5 Å². The summed E-state index contributed by atoms with van der Waals surface area (Å²) in [6.07, 6.45) is 0.131. The fourth-order valence-corrected chi connectivity index (χ4v) is 2.68. The Bertz CT molecular complexity index is 960. The van der Waals surface area contributed by atoms with Crippen molar-refractivity contribution < 1.29 is 26.8 Å². The quantitative estimate of drug-likeness (QED) is 0.930. The zero-order chi connectivity index (χ0) is 21.8. The Kier molecular flexibility index (Phi) is 2.76. The van der Waals surface area contributed by atoms with Gasteiger partial charge in [0.1, 0.15) is 14.3 Å². The first kappa shape index (κ1) is 9.89. The second kappa shape index (κ2) is 6.69. The fourth-order valence-electron chi connectivity index (χ4n) is 2.68. The van der Waals surface area contributed by atoms with Gasteiger partial charge in [-0.3, -0.25) is 0 Å². The highest BCUT2D eigenvalue weighted by atomic mass is 19.1. The van der Waals surface area contributed by atoms with Crippen LogP contribution in [0.5, 0.6) is 17.2 Å². The number of nitrogens with one attached hydrogen (secondary N) is 1. The van der Waals surface area contributed by atoms with E-state index in [1.54, 1.807) is 0 Å². The molecule has 4 rings (SSSR count). The molecule has 1 unspecified atom stereocenters. The van der Waals surface area contributed by atoms with Gasteiger partial charge in [0.25, 0.3) is 0 Å². The summed E-state index contributed by atoms with van der Waals surface area (Å²) in [6, 6.07) is 9.51. The number of fused-ring (bicyclic) bond motifs is 1. The van der Waals surface area contributed by atoms with Crippen LogP contribution >= 0.6 is 0 Å². The van der Waals surface area contributed by atoms with Crippen LogP contribution in [0.15, 0.2) is 42.5 Å². The standard InChI is InChI=1S/C19H20FNO3/c20-15-3-1-13(2-4-15)17-7-8-21-10-14(17)11-22-16-5-6-18-19(9-16)24-12-23-18/h1-6,9,14,17,21H,7-8,10-12H2/t14?,17-/m0/s1/i10D2,12D2,14D,17D. The van der Waals surface area contributed by atoms with Gasteiger partial charge < -0.3 is 19.5 Å². The average Bonchev–Trinajstić information content (AvgIpc) is 2.98. The molecule has 0 bridgehead atoms. The highest BCUT2D eigenvalue weighted by Gasteiger charge is 2.27. The van der Waals surface area contributed by atoms with Crippen molar-refractivity contribution in [1.29, 1.82) is 0 Å². The summed E-state index contributed by atoms with van der Waals surface area (Å²) in [7, 11) is 0. The first-order valence-electron chi connectivity index (χ1n) is 10.6. The molecule has 5 heteroatoms. The topological polar surface area (TPSA) is 39.7 Å². The normalized spacial score (nSPS) is 36.4. The Balaban J connectivity index is 1.63. The Labute approximate surface area is 149 Å². The number of piperidine rings is 1. The predicted molar refractivity (Wildman–Crippen MR) is 88.2 cm³/mol. The SMILES string of the molecule is [2H]C1([2H])Oc2ccc(OCC3([2H])C([2H])([2H])NCC[C@@]3([2H])c3ccc(F)cc3)cc2O1. The molecule has 0 aliphatic carbocycles. The van der Waals surface area contributed by atoms with Crippen molar-refractivity contribution in [2.45, 2.75) is 12.3 Å². The Morgan fingerprint density at radius 3 is 2.92 bits per heavy atom. The highest BCUT2D eigenvalue weighted by Crippen LogP contribution is 2.36. The molecule has 2 aromatic carbocycles. The fraction of sp³-hybridized carbons (Fsp3) is 0.368. The van der Waals surface area contributed by atoms with Crippen molar-refractivity contribution in [3.63, 3.8) is 0 Å². The van der Waals surface area contributed by atoms with Crippen molar-refractivity contribution in [3.8, 4) is 17.2 Å². The second-order valence-electron chi connectivity index (χ2n) is 5.45. The van der Waals surface area contributed by atoms with Gasteiger partial charge in [0.2, 0.25) is 6.75 Å². The van der Waals surface area contributed by atoms with E-state index in [0.717, 1.165) is 0 Å². The third-order valence-corrected chi connectivity index (χ3v) is 3.90. The van der Waals surface area contributed by atoms with Crippen LogP contribution in [0.1, 0.15) is 26.1 Å². The Morgan fingerprint density at radius 2 is 2.04 bits per heavy atom. The summed E-state index contributed by atoms with van der Waals surface area (Å²) in [5, 5.41) is 2.65. The molecular weight excluding hydrogens is 309 g/mol. The first-order valence-corrected chi connectivity index (χ1v) is 7.62. The molecule has 2 aliphatic rings. The minimum atomic E-state index is -2.29. The van der Waals surface area contributed by atoms with Crippen LogP contribution in [0.3, 0.4) is 0 Å². The summed E-state index contributed by atoms with van der Waals surface area (Å²) in [6.45, 7) is -4.87. The summed E-state index contributed by atoms with van der Waals surface area (Å²) >= 11 is 0. The van der Waals surface area contributed by atoms with Crippen molar-refractivity contribution >= 4 is 0 Å². The lowest BCUT2D eigenvalue weighted by atomic mass is 9.81. The van der Waals surface area contributed by atoms with Gasteiger partial charge in [0.05, 0.1) is 6.61 Å². The van der Waals surface area contributed by atoms with Crippen LogP contribution in [-0.4, -0.2) is 26.4 Å².